The molecule has 9 heteroatoms. The molecule has 0 atom stereocenters. The topological polar surface area (TPSA) is 104 Å². The monoisotopic (exact) mass is 405 g/mol. The van der Waals surface area contributed by atoms with E-state index >= 15 is 0 Å². The summed E-state index contributed by atoms with van der Waals surface area (Å²) in [7, 11) is 3.07. The number of halogens is 1. The van der Waals surface area contributed by atoms with E-state index in [1.54, 1.807) is 31.2 Å². The molecule has 0 spiro atoms. The second-order valence-corrected chi connectivity index (χ2v) is 6.98. The lowest BCUT2D eigenvalue weighted by Gasteiger charge is -2.06. The Balaban J connectivity index is 2.11. The third kappa shape index (κ3) is 3.67. The highest BCUT2D eigenvalue weighted by molar-refractivity contribution is 7.20. The standard InChI is InChI=1S/C18H15ClN2O5S/c1-8-13-16(22)20-15(21-17(13)27-14(8)18(23)24)12(19)6-9-4-10(25-2)7-11(5-9)26-3/h4-7H,1-3H3,(H,23,24)(H,20,21,22)/p-1/b12-6-. The summed E-state index contributed by atoms with van der Waals surface area (Å²) in [6, 6.07) is 5.20. The molecule has 0 unspecified atom stereocenters. The third-order valence-electron chi connectivity index (χ3n) is 3.88. The maximum absolute atomic E-state index is 12.4. The first-order chi connectivity index (χ1) is 12.8. The van der Waals surface area contributed by atoms with E-state index in [2.05, 4.69) is 9.97 Å². The number of aromatic amines is 1. The summed E-state index contributed by atoms with van der Waals surface area (Å²) in [6.45, 7) is 1.54. The van der Waals surface area contributed by atoms with E-state index in [4.69, 9.17) is 21.1 Å². The molecule has 0 aliphatic heterocycles. The van der Waals surface area contributed by atoms with Crippen LogP contribution in [0.2, 0.25) is 0 Å². The maximum Gasteiger partial charge on any atom is 0.260 e. The minimum Gasteiger partial charge on any atom is -0.544 e. The lowest BCUT2D eigenvalue weighted by molar-refractivity contribution is -0.254. The average molecular weight is 406 g/mol. The van der Waals surface area contributed by atoms with E-state index in [9.17, 15) is 14.7 Å². The Hall–Kier alpha value is -2.84. The number of rotatable bonds is 5. The summed E-state index contributed by atoms with van der Waals surface area (Å²) >= 11 is 7.21. The van der Waals surface area contributed by atoms with Gasteiger partial charge in [-0.15, -0.1) is 11.3 Å². The number of nitrogens with one attached hydrogen (secondary N) is 1. The van der Waals surface area contributed by atoms with Gasteiger partial charge in [0.1, 0.15) is 16.3 Å². The molecule has 1 aromatic carbocycles. The number of benzene rings is 1. The highest BCUT2D eigenvalue weighted by Crippen LogP contribution is 2.29. The van der Waals surface area contributed by atoms with E-state index in [0.717, 1.165) is 11.3 Å². The Kier molecular flexibility index (Phi) is 5.20. The number of fused-ring (bicyclic) bond motifs is 1. The van der Waals surface area contributed by atoms with Gasteiger partial charge < -0.3 is 24.4 Å². The SMILES string of the molecule is COc1cc(/C=C(\Cl)c2nc3sc(C(=O)[O-])c(C)c3c(=O)[nH]2)cc(OC)c1. The lowest BCUT2D eigenvalue weighted by atomic mass is 10.2. The molecule has 140 valence electrons. The van der Waals surface area contributed by atoms with Crippen LogP contribution in [0.1, 0.15) is 26.6 Å². The normalized spacial score (nSPS) is 11.6. The van der Waals surface area contributed by atoms with Crippen LogP contribution in [-0.4, -0.2) is 30.2 Å². The first kappa shape index (κ1) is 18.9. The molecule has 3 aromatic rings. The largest absolute Gasteiger partial charge is 0.544 e. The van der Waals surface area contributed by atoms with Crippen molar-refractivity contribution in [3.63, 3.8) is 0 Å². The Labute approximate surface area is 162 Å². The molecule has 0 amide bonds. The molecular weight excluding hydrogens is 392 g/mol. The van der Waals surface area contributed by atoms with Crippen LogP contribution in [0.15, 0.2) is 23.0 Å². The average Bonchev–Trinajstić information content (AvgIpc) is 2.98. The van der Waals surface area contributed by atoms with Gasteiger partial charge in [-0.1, -0.05) is 11.6 Å². The van der Waals surface area contributed by atoms with Crippen molar-refractivity contribution in [3.8, 4) is 11.5 Å². The Morgan fingerprint density at radius 3 is 2.44 bits per heavy atom. The minimum absolute atomic E-state index is 0.0298. The highest BCUT2D eigenvalue weighted by Gasteiger charge is 2.16. The molecule has 0 aliphatic rings. The highest BCUT2D eigenvalue weighted by atomic mass is 35.5. The number of nitrogens with zero attached hydrogens (tertiary/aromatic N) is 1. The first-order valence-corrected chi connectivity index (χ1v) is 8.89. The quantitative estimate of drug-likeness (QED) is 0.699. The summed E-state index contributed by atoms with van der Waals surface area (Å²) in [4.78, 5) is 30.7. The van der Waals surface area contributed by atoms with Gasteiger partial charge in [0, 0.05) is 6.07 Å². The van der Waals surface area contributed by atoms with Gasteiger partial charge in [0.05, 0.1) is 35.5 Å². The fraction of sp³-hybridized carbons (Fsp3) is 0.167. The number of carbonyl (C=O) groups excluding carboxylic acids is 1. The van der Waals surface area contributed by atoms with Crippen molar-refractivity contribution < 1.29 is 19.4 Å². The molecule has 2 aromatic heterocycles. The smallest absolute Gasteiger partial charge is 0.260 e. The van der Waals surface area contributed by atoms with E-state index in [1.807, 2.05) is 0 Å². The van der Waals surface area contributed by atoms with Crippen LogP contribution >= 0.6 is 22.9 Å². The number of H-pyrrole nitrogens is 1. The van der Waals surface area contributed by atoms with Crippen LogP contribution in [0, 0.1) is 6.92 Å². The van der Waals surface area contributed by atoms with Gasteiger partial charge in [0.2, 0.25) is 0 Å². The van der Waals surface area contributed by atoms with Crippen molar-refractivity contribution in [1.29, 1.82) is 0 Å². The molecule has 0 bridgehead atoms. The van der Waals surface area contributed by atoms with Crippen LogP contribution < -0.4 is 20.1 Å². The van der Waals surface area contributed by atoms with Gasteiger partial charge in [-0.3, -0.25) is 4.79 Å². The molecule has 7 nitrogen and oxygen atoms in total. The van der Waals surface area contributed by atoms with Crippen molar-refractivity contribution in [1.82, 2.24) is 9.97 Å². The van der Waals surface area contributed by atoms with Crippen molar-refractivity contribution >= 4 is 50.2 Å². The van der Waals surface area contributed by atoms with E-state index in [0.29, 0.717) is 22.6 Å². The van der Waals surface area contributed by atoms with Crippen molar-refractivity contribution in [3.05, 3.63) is 50.4 Å². The maximum atomic E-state index is 12.4. The van der Waals surface area contributed by atoms with Crippen molar-refractivity contribution in [2.45, 2.75) is 6.92 Å². The lowest BCUT2D eigenvalue weighted by Crippen LogP contribution is -2.21. The molecule has 0 radical (unpaired) electrons. The zero-order valence-electron chi connectivity index (χ0n) is 14.6. The number of thiophene rings is 1. The Morgan fingerprint density at radius 1 is 1.26 bits per heavy atom. The molecule has 0 aliphatic carbocycles. The van der Waals surface area contributed by atoms with Gasteiger partial charge in [-0.2, -0.15) is 0 Å². The third-order valence-corrected chi connectivity index (χ3v) is 5.33. The van der Waals surface area contributed by atoms with Gasteiger partial charge in [0.25, 0.3) is 5.56 Å². The molecule has 0 saturated heterocycles. The number of carboxylic acid groups (broad SMARTS) is 1. The Morgan fingerprint density at radius 2 is 1.89 bits per heavy atom. The second-order valence-electron chi connectivity index (χ2n) is 5.58. The van der Waals surface area contributed by atoms with Gasteiger partial charge >= 0.3 is 0 Å². The fourth-order valence-electron chi connectivity index (χ4n) is 2.58. The number of hydrogen-bond acceptors (Lipinski definition) is 7. The molecule has 2 heterocycles. The minimum atomic E-state index is -1.35. The van der Waals surface area contributed by atoms with Crippen LogP contribution in [0.4, 0.5) is 0 Å². The number of hydrogen-bond donors (Lipinski definition) is 1. The van der Waals surface area contributed by atoms with E-state index < -0.39 is 11.5 Å². The van der Waals surface area contributed by atoms with Gasteiger partial charge in [0.15, 0.2) is 5.82 Å². The summed E-state index contributed by atoms with van der Waals surface area (Å²) in [5.41, 5.74) is 0.538. The molecule has 1 N–H and O–H groups in total. The van der Waals surface area contributed by atoms with Crippen molar-refractivity contribution in [2.24, 2.45) is 0 Å². The summed E-state index contributed by atoms with van der Waals surface area (Å²) in [6.07, 6.45) is 1.59. The second kappa shape index (κ2) is 7.42. The van der Waals surface area contributed by atoms with E-state index in [1.165, 1.54) is 14.2 Å². The molecule has 0 fully saturated rings. The Bertz CT molecular complexity index is 1110. The molecular formula is C18H14ClN2O5S-. The number of methoxy groups -OCH3 is 2. The number of carboxylic acids is 1. The molecule has 3 rings (SSSR count). The first-order valence-electron chi connectivity index (χ1n) is 7.69. The van der Waals surface area contributed by atoms with Gasteiger partial charge in [-0.05, 0) is 36.3 Å². The number of aromatic carboxylic acids is 1. The summed E-state index contributed by atoms with van der Waals surface area (Å²) < 4.78 is 10.4. The van der Waals surface area contributed by atoms with Crippen LogP contribution in [0.5, 0.6) is 11.5 Å². The molecule has 0 saturated carbocycles. The van der Waals surface area contributed by atoms with Crippen LogP contribution in [0.25, 0.3) is 21.3 Å². The zero-order valence-corrected chi connectivity index (χ0v) is 16.2. The van der Waals surface area contributed by atoms with Gasteiger partial charge in [-0.25, -0.2) is 4.98 Å². The van der Waals surface area contributed by atoms with E-state index in [-0.39, 0.29) is 26.0 Å². The number of carbonyl (C=O) groups is 1. The number of ether oxygens (including phenoxy) is 2. The predicted molar refractivity (Wildman–Crippen MR) is 103 cm³/mol. The number of aromatic nitrogens is 2. The van der Waals surface area contributed by atoms with Crippen molar-refractivity contribution in [2.75, 3.05) is 14.2 Å². The van der Waals surface area contributed by atoms with Crippen LogP contribution in [-0.2, 0) is 0 Å². The van der Waals surface area contributed by atoms with Crippen LogP contribution in [0.3, 0.4) is 0 Å². The zero-order chi connectivity index (χ0) is 19.7. The number of aryl methyl sites for hydroxylation is 1. The summed E-state index contributed by atoms with van der Waals surface area (Å²) in [5.74, 6) is -0.0624. The predicted octanol–water partition coefficient (Wildman–Crippen LogP) is 2.41. The summed E-state index contributed by atoms with van der Waals surface area (Å²) in [5, 5.41) is 11.6. The molecule has 27 heavy (non-hydrogen) atoms. The fourth-order valence-corrected chi connectivity index (χ4v) is 3.81.